The Labute approximate surface area is 100 Å². The lowest BCUT2D eigenvalue weighted by molar-refractivity contribution is -0.117. The van der Waals surface area contributed by atoms with E-state index < -0.39 is 5.82 Å². The maximum atomic E-state index is 13.5. The Morgan fingerprint density at radius 1 is 1.53 bits per heavy atom. The van der Waals surface area contributed by atoms with Gasteiger partial charge >= 0.3 is 0 Å². The standard InChI is InChI=1S/C10H8BrClFNO/c11-6-3-10(15)14(5-6)9-4-7(12)1-2-8(9)13/h1-2,4,6H,3,5H2. The first kappa shape index (κ1) is 10.9. The van der Waals surface area contributed by atoms with Crippen LogP contribution in [0.25, 0.3) is 0 Å². The van der Waals surface area contributed by atoms with E-state index in [0.717, 1.165) is 0 Å². The fourth-order valence-corrected chi connectivity index (χ4v) is 2.32. The molecule has 1 heterocycles. The average molecular weight is 293 g/mol. The van der Waals surface area contributed by atoms with Crippen molar-refractivity contribution in [1.82, 2.24) is 0 Å². The van der Waals surface area contributed by atoms with Crippen molar-refractivity contribution in [2.45, 2.75) is 11.2 Å². The van der Waals surface area contributed by atoms with Gasteiger partial charge in [-0.15, -0.1) is 0 Å². The quantitative estimate of drug-likeness (QED) is 0.729. The summed E-state index contributed by atoms with van der Waals surface area (Å²) in [5.74, 6) is -0.507. The number of hydrogen-bond donors (Lipinski definition) is 0. The molecule has 1 saturated heterocycles. The van der Waals surface area contributed by atoms with Gasteiger partial charge in [0.25, 0.3) is 0 Å². The molecule has 2 rings (SSSR count). The van der Waals surface area contributed by atoms with Gasteiger partial charge in [0.1, 0.15) is 5.82 Å². The van der Waals surface area contributed by atoms with Gasteiger partial charge < -0.3 is 4.90 Å². The van der Waals surface area contributed by atoms with Crippen LogP contribution in [0, 0.1) is 5.82 Å². The van der Waals surface area contributed by atoms with Crippen LogP contribution in [0.5, 0.6) is 0 Å². The second kappa shape index (κ2) is 4.10. The van der Waals surface area contributed by atoms with Crippen LogP contribution in [0.1, 0.15) is 6.42 Å². The molecule has 1 aliphatic heterocycles. The van der Waals surface area contributed by atoms with Crippen LogP contribution in [0.3, 0.4) is 0 Å². The summed E-state index contributed by atoms with van der Waals surface area (Å²) in [4.78, 5) is 13.0. The SMILES string of the molecule is O=C1CC(Br)CN1c1cc(Cl)ccc1F. The van der Waals surface area contributed by atoms with Gasteiger partial charge in [-0.25, -0.2) is 4.39 Å². The van der Waals surface area contributed by atoms with E-state index in [-0.39, 0.29) is 16.4 Å². The number of alkyl halides is 1. The molecule has 0 radical (unpaired) electrons. The molecule has 0 aliphatic carbocycles. The van der Waals surface area contributed by atoms with Gasteiger partial charge in [0.15, 0.2) is 0 Å². The van der Waals surface area contributed by atoms with Crippen molar-refractivity contribution in [2.24, 2.45) is 0 Å². The maximum Gasteiger partial charge on any atom is 0.228 e. The monoisotopic (exact) mass is 291 g/mol. The Morgan fingerprint density at radius 2 is 2.27 bits per heavy atom. The Morgan fingerprint density at radius 3 is 2.87 bits per heavy atom. The van der Waals surface area contributed by atoms with Gasteiger partial charge in [-0.3, -0.25) is 4.79 Å². The molecule has 1 atom stereocenters. The third kappa shape index (κ3) is 2.16. The lowest BCUT2D eigenvalue weighted by Crippen LogP contribution is -2.25. The smallest absolute Gasteiger partial charge is 0.228 e. The fourth-order valence-electron chi connectivity index (χ4n) is 1.59. The molecule has 0 aromatic heterocycles. The zero-order valence-electron chi connectivity index (χ0n) is 7.71. The number of nitrogens with zero attached hydrogens (tertiary/aromatic N) is 1. The van der Waals surface area contributed by atoms with Crippen molar-refractivity contribution in [2.75, 3.05) is 11.4 Å². The van der Waals surface area contributed by atoms with E-state index in [4.69, 9.17) is 11.6 Å². The van der Waals surface area contributed by atoms with E-state index in [1.54, 1.807) is 0 Å². The molecule has 0 spiro atoms. The second-order valence-corrected chi connectivity index (χ2v) is 5.13. The highest BCUT2D eigenvalue weighted by molar-refractivity contribution is 9.09. The topological polar surface area (TPSA) is 20.3 Å². The third-order valence-corrected chi connectivity index (χ3v) is 3.13. The number of rotatable bonds is 1. The highest BCUT2D eigenvalue weighted by Crippen LogP contribution is 2.29. The normalized spacial score (nSPS) is 21.1. The van der Waals surface area contributed by atoms with Gasteiger partial charge in [0.2, 0.25) is 5.91 Å². The highest BCUT2D eigenvalue weighted by atomic mass is 79.9. The van der Waals surface area contributed by atoms with Crippen molar-refractivity contribution < 1.29 is 9.18 Å². The molecule has 0 saturated carbocycles. The Hall–Kier alpha value is -0.610. The van der Waals surface area contributed by atoms with E-state index >= 15 is 0 Å². The molecule has 1 unspecified atom stereocenters. The van der Waals surface area contributed by atoms with Crippen molar-refractivity contribution >= 4 is 39.1 Å². The van der Waals surface area contributed by atoms with Crippen molar-refractivity contribution in [3.8, 4) is 0 Å². The summed E-state index contributed by atoms with van der Waals surface area (Å²) in [6.07, 6.45) is 0.395. The summed E-state index contributed by atoms with van der Waals surface area (Å²) in [7, 11) is 0. The number of halogens is 3. The first-order valence-corrected chi connectivity index (χ1v) is 5.77. The summed E-state index contributed by atoms with van der Waals surface area (Å²) < 4.78 is 13.5. The molecule has 0 N–H and O–H groups in total. The van der Waals surface area contributed by atoms with Crippen LogP contribution >= 0.6 is 27.5 Å². The van der Waals surface area contributed by atoms with E-state index in [2.05, 4.69) is 15.9 Å². The molecule has 2 nitrogen and oxygen atoms in total. The predicted octanol–water partition coefficient (Wildman–Crippen LogP) is 2.98. The van der Waals surface area contributed by atoms with Gasteiger partial charge in [0, 0.05) is 22.8 Å². The molecule has 80 valence electrons. The summed E-state index contributed by atoms with van der Waals surface area (Å²) in [6.45, 7) is 0.482. The van der Waals surface area contributed by atoms with Crippen molar-refractivity contribution in [3.63, 3.8) is 0 Å². The summed E-state index contributed by atoms with van der Waals surface area (Å²) in [5.41, 5.74) is 0.259. The average Bonchev–Trinajstić information content (AvgIpc) is 2.50. The Balaban J connectivity index is 2.37. The van der Waals surface area contributed by atoms with Crippen molar-refractivity contribution in [3.05, 3.63) is 29.0 Å². The van der Waals surface area contributed by atoms with Crippen LogP contribution in [0.15, 0.2) is 18.2 Å². The minimum atomic E-state index is -0.422. The molecular weight excluding hydrogens is 284 g/mol. The van der Waals surface area contributed by atoms with E-state index in [9.17, 15) is 9.18 Å². The van der Waals surface area contributed by atoms with Crippen molar-refractivity contribution in [1.29, 1.82) is 0 Å². The minimum Gasteiger partial charge on any atom is -0.308 e. The molecular formula is C10H8BrClFNO. The largest absolute Gasteiger partial charge is 0.308 e. The fraction of sp³-hybridized carbons (Fsp3) is 0.300. The number of carbonyl (C=O) groups is 1. The number of benzene rings is 1. The van der Waals surface area contributed by atoms with E-state index in [0.29, 0.717) is 18.0 Å². The summed E-state index contributed by atoms with van der Waals surface area (Å²) in [5, 5.41) is 0.428. The Bertz CT molecular complexity index is 412. The molecule has 0 bridgehead atoms. The highest BCUT2D eigenvalue weighted by Gasteiger charge is 2.30. The molecule has 1 fully saturated rings. The van der Waals surface area contributed by atoms with Gasteiger partial charge in [-0.2, -0.15) is 0 Å². The third-order valence-electron chi connectivity index (χ3n) is 2.28. The van der Waals surface area contributed by atoms with Crippen LogP contribution in [-0.4, -0.2) is 17.3 Å². The zero-order valence-corrected chi connectivity index (χ0v) is 10.1. The van der Waals surface area contributed by atoms with Gasteiger partial charge in [-0.05, 0) is 18.2 Å². The first-order chi connectivity index (χ1) is 7.08. The number of carbonyl (C=O) groups excluding carboxylic acids is 1. The Kier molecular flexibility index (Phi) is 2.98. The number of amides is 1. The zero-order chi connectivity index (χ0) is 11.0. The lowest BCUT2D eigenvalue weighted by atomic mass is 10.3. The lowest BCUT2D eigenvalue weighted by Gasteiger charge is -2.16. The van der Waals surface area contributed by atoms with Crippen LogP contribution in [-0.2, 0) is 4.79 Å². The first-order valence-electron chi connectivity index (χ1n) is 4.47. The van der Waals surface area contributed by atoms with E-state index in [1.165, 1.54) is 23.1 Å². The molecule has 1 aromatic carbocycles. The molecule has 1 amide bonds. The maximum absolute atomic E-state index is 13.5. The van der Waals surface area contributed by atoms with Gasteiger partial charge in [0.05, 0.1) is 5.69 Å². The summed E-state index contributed by atoms with van der Waals surface area (Å²) in [6, 6.07) is 4.21. The van der Waals surface area contributed by atoms with E-state index in [1.807, 2.05) is 0 Å². The summed E-state index contributed by atoms with van der Waals surface area (Å²) >= 11 is 9.10. The van der Waals surface area contributed by atoms with Crippen LogP contribution in [0.2, 0.25) is 5.02 Å². The van der Waals surface area contributed by atoms with Crippen LogP contribution < -0.4 is 4.90 Å². The number of anilines is 1. The minimum absolute atomic E-state index is 0.0851. The molecule has 15 heavy (non-hydrogen) atoms. The molecule has 1 aromatic rings. The second-order valence-electron chi connectivity index (χ2n) is 3.40. The molecule has 1 aliphatic rings. The number of hydrogen-bond acceptors (Lipinski definition) is 1. The predicted molar refractivity (Wildman–Crippen MR) is 61.1 cm³/mol. The van der Waals surface area contributed by atoms with Gasteiger partial charge in [-0.1, -0.05) is 27.5 Å². The van der Waals surface area contributed by atoms with Crippen LogP contribution in [0.4, 0.5) is 10.1 Å². The molecule has 5 heteroatoms.